The van der Waals surface area contributed by atoms with Crippen LogP contribution in [0.1, 0.15) is 0 Å². The summed E-state index contributed by atoms with van der Waals surface area (Å²) < 4.78 is 25.1. The average molecular weight is 190 g/mol. The molecule has 3 nitrogen and oxygen atoms in total. The van der Waals surface area contributed by atoms with Crippen LogP contribution in [0.5, 0.6) is 0 Å². The number of halogens is 3. The lowest BCUT2D eigenvalue weighted by atomic mass is 10.3. The highest BCUT2D eigenvalue weighted by Gasteiger charge is 2.06. The molecule has 0 saturated carbocycles. The fraction of sp³-hybridized carbons (Fsp3) is 0. The molecule has 0 saturated heterocycles. The zero-order valence-corrected chi connectivity index (χ0v) is 6.39. The predicted molar refractivity (Wildman–Crippen MR) is 40.2 cm³/mol. The summed E-state index contributed by atoms with van der Waals surface area (Å²) in [5.41, 5.74) is 7.73. The van der Waals surface area contributed by atoms with E-state index in [1.54, 1.807) is 0 Å². The number of nitrogens with zero attached hydrogens (tertiary/aromatic N) is 3. The molecule has 0 aliphatic carbocycles. The number of hydrogen-bond donors (Lipinski definition) is 0. The molecule has 62 valence electrons. The largest absolute Gasteiger partial charge is 0.207 e. The highest BCUT2D eigenvalue weighted by molar-refractivity contribution is 6.33. The molecule has 1 aromatic rings. The second kappa shape index (κ2) is 3.38. The molecule has 1 aromatic carbocycles. The normalized spacial score (nSPS) is 9.25. The zero-order valence-electron chi connectivity index (χ0n) is 5.63. The molecule has 0 aromatic heterocycles. The highest BCUT2D eigenvalue weighted by atomic mass is 35.5. The van der Waals surface area contributed by atoms with Crippen LogP contribution in [0.25, 0.3) is 10.4 Å². The van der Waals surface area contributed by atoms with Gasteiger partial charge in [0.25, 0.3) is 0 Å². The smallest absolute Gasteiger partial charge is 0.145 e. The van der Waals surface area contributed by atoms with E-state index in [0.29, 0.717) is 6.07 Å². The first-order valence-electron chi connectivity index (χ1n) is 2.85. The first-order chi connectivity index (χ1) is 5.65. The van der Waals surface area contributed by atoms with Crippen LogP contribution in [-0.2, 0) is 0 Å². The van der Waals surface area contributed by atoms with Gasteiger partial charge in [0.05, 0.1) is 10.7 Å². The molecule has 0 spiro atoms. The molecule has 0 N–H and O–H groups in total. The van der Waals surface area contributed by atoms with Crippen molar-refractivity contribution in [2.45, 2.75) is 0 Å². The predicted octanol–water partition coefficient (Wildman–Crippen LogP) is 3.56. The van der Waals surface area contributed by atoms with Gasteiger partial charge in [-0.05, 0) is 11.6 Å². The molecule has 6 heteroatoms. The SMILES string of the molecule is [N-]=[N+]=Nc1cc(F)cc(F)c1Cl. The van der Waals surface area contributed by atoms with Gasteiger partial charge in [0, 0.05) is 11.0 Å². The molecule has 0 amide bonds. The van der Waals surface area contributed by atoms with E-state index >= 15 is 0 Å². The third kappa shape index (κ3) is 1.64. The maximum Gasteiger partial charge on any atom is 0.145 e. The van der Waals surface area contributed by atoms with Crippen molar-refractivity contribution < 1.29 is 8.78 Å². The minimum atomic E-state index is -0.945. The Morgan fingerprint density at radius 3 is 2.67 bits per heavy atom. The number of rotatable bonds is 1. The van der Waals surface area contributed by atoms with Gasteiger partial charge in [0.1, 0.15) is 11.6 Å². The van der Waals surface area contributed by atoms with Crippen molar-refractivity contribution in [3.8, 4) is 0 Å². The summed E-state index contributed by atoms with van der Waals surface area (Å²) in [6, 6.07) is 1.46. The van der Waals surface area contributed by atoms with Gasteiger partial charge in [0.15, 0.2) is 0 Å². The summed E-state index contributed by atoms with van der Waals surface area (Å²) >= 11 is 5.34. The molecule has 0 unspecified atom stereocenters. The summed E-state index contributed by atoms with van der Waals surface area (Å²) in [5, 5.41) is 2.62. The topological polar surface area (TPSA) is 48.8 Å². The summed E-state index contributed by atoms with van der Waals surface area (Å²) in [4.78, 5) is 2.36. The lowest BCUT2D eigenvalue weighted by Crippen LogP contribution is -1.80. The summed E-state index contributed by atoms with van der Waals surface area (Å²) in [6.45, 7) is 0. The van der Waals surface area contributed by atoms with E-state index in [4.69, 9.17) is 17.1 Å². The van der Waals surface area contributed by atoms with E-state index in [2.05, 4.69) is 10.0 Å². The maximum absolute atomic E-state index is 12.6. The van der Waals surface area contributed by atoms with Crippen LogP contribution in [0.15, 0.2) is 17.2 Å². The van der Waals surface area contributed by atoms with Crippen molar-refractivity contribution >= 4 is 17.3 Å². The van der Waals surface area contributed by atoms with Gasteiger partial charge in [0.2, 0.25) is 0 Å². The molecule has 12 heavy (non-hydrogen) atoms. The molecular weight excluding hydrogens is 188 g/mol. The van der Waals surface area contributed by atoms with E-state index < -0.39 is 11.6 Å². The van der Waals surface area contributed by atoms with Crippen molar-refractivity contribution in [3.63, 3.8) is 0 Å². The quantitative estimate of drug-likeness (QED) is 0.281. The summed E-state index contributed by atoms with van der Waals surface area (Å²) in [5.74, 6) is -1.78. The Kier molecular flexibility index (Phi) is 2.47. The lowest BCUT2D eigenvalue weighted by Gasteiger charge is -1.97. The maximum atomic E-state index is 12.6. The fourth-order valence-electron chi connectivity index (χ4n) is 0.663. The Bertz CT molecular complexity index is 360. The van der Waals surface area contributed by atoms with Gasteiger partial charge in [-0.25, -0.2) is 8.78 Å². The summed E-state index contributed by atoms with van der Waals surface area (Å²) in [6.07, 6.45) is 0. The monoisotopic (exact) mass is 189 g/mol. The fourth-order valence-corrected chi connectivity index (χ4v) is 0.810. The van der Waals surface area contributed by atoms with E-state index in [0.717, 1.165) is 6.07 Å². The highest BCUT2D eigenvalue weighted by Crippen LogP contribution is 2.28. The molecule has 0 aliphatic heterocycles. The van der Waals surface area contributed by atoms with Crippen LogP contribution in [0.3, 0.4) is 0 Å². The van der Waals surface area contributed by atoms with Crippen LogP contribution in [0, 0.1) is 11.6 Å². The van der Waals surface area contributed by atoms with E-state index in [1.807, 2.05) is 0 Å². The second-order valence-electron chi connectivity index (χ2n) is 1.91. The second-order valence-corrected chi connectivity index (χ2v) is 2.29. The van der Waals surface area contributed by atoms with Gasteiger partial charge in [-0.2, -0.15) is 0 Å². The first kappa shape index (κ1) is 8.77. The standard InChI is InChI=1S/C6H2ClF2N3/c7-6-4(9)1-3(8)2-5(6)11-12-10/h1-2H. The van der Waals surface area contributed by atoms with Gasteiger partial charge in [-0.15, -0.1) is 0 Å². The molecule has 0 atom stereocenters. The van der Waals surface area contributed by atoms with Crippen molar-refractivity contribution in [1.82, 2.24) is 0 Å². The van der Waals surface area contributed by atoms with Gasteiger partial charge >= 0.3 is 0 Å². The van der Waals surface area contributed by atoms with Crippen molar-refractivity contribution in [1.29, 1.82) is 0 Å². The first-order valence-corrected chi connectivity index (χ1v) is 3.22. The Morgan fingerprint density at radius 2 is 2.08 bits per heavy atom. The third-order valence-electron chi connectivity index (χ3n) is 1.13. The molecule has 0 radical (unpaired) electrons. The molecule has 0 bridgehead atoms. The average Bonchev–Trinajstić information content (AvgIpc) is 2.00. The Labute approximate surface area is 71.2 Å². The van der Waals surface area contributed by atoms with E-state index in [9.17, 15) is 8.78 Å². The van der Waals surface area contributed by atoms with Crippen LogP contribution in [0.2, 0.25) is 5.02 Å². The molecule has 0 heterocycles. The molecule has 0 aliphatic rings. The van der Waals surface area contributed by atoms with E-state index in [-0.39, 0.29) is 10.7 Å². The summed E-state index contributed by atoms with van der Waals surface area (Å²) in [7, 11) is 0. The van der Waals surface area contributed by atoms with Gasteiger partial charge < -0.3 is 0 Å². The van der Waals surface area contributed by atoms with Crippen LogP contribution in [-0.4, -0.2) is 0 Å². The van der Waals surface area contributed by atoms with Gasteiger partial charge in [-0.3, -0.25) is 0 Å². The van der Waals surface area contributed by atoms with Crippen LogP contribution in [0.4, 0.5) is 14.5 Å². The lowest BCUT2D eigenvalue weighted by molar-refractivity contribution is 0.584. The van der Waals surface area contributed by atoms with Crippen molar-refractivity contribution in [2.24, 2.45) is 5.11 Å². The van der Waals surface area contributed by atoms with E-state index in [1.165, 1.54) is 0 Å². The minimum absolute atomic E-state index is 0.253. The Hall–Kier alpha value is -1.32. The molecule has 1 rings (SSSR count). The number of azide groups is 1. The van der Waals surface area contributed by atoms with Crippen molar-refractivity contribution in [3.05, 3.63) is 39.2 Å². The van der Waals surface area contributed by atoms with Gasteiger partial charge in [-0.1, -0.05) is 16.7 Å². The number of benzene rings is 1. The van der Waals surface area contributed by atoms with Crippen molar-refractivity contribution in [2.75, 3.05) is 0 Å². The van der Waals surface area contributed by atoms with Crippen LogP contribution >= 0.6 is 11.6 Å². The third-order valence-corrected chi connectivity index (χ3v) is 1.50. The molecular formula is C6H2ClF2N3. The number of hydrogen-bond acceptors (Lipinski definition) is 1. The Balaban J connectivity index is 3.36. The zero-order chi connectivity index (χ0) is 9.14. The Morgan fingerprint density at radius 1 is 1.42 bits per heavy atom. The van der Waals surface area contributed by atoms with Crippen LogP contribution < -0.4 is 0 Å². The molecule has 0 fully saturated rings. The minimum Gasteiger partial charge on any atom is -0.207 e.